The molecular formula is C53H104O4. The van der Waals surface area contributed by atoms with Crippen LogP contribution in [-0.2, 0) is 9.59 Å². The van der Waals surface area contributed by atoms with E-state index in [1.165, 1.54) is 289 Å². The van der Waals surface area contributed by atoms with E-state index >= 15 is 0 Å². The van der Waals surface area contributed by atoms with Crippen molar-refractivity contribution in [1.29, 1.82) is 0 Å². The first-order valence-electron chi connectivity index (χ1n) is 26.6. The van der Waals surface area contributed by atoms with Crippen LogP contribution in [0.3, 0.4) is 0 Å². The van der Waals surface area contributed by atoms with E-state index in [1.54, 1.807) is 0 Å². The molecule has 0 aromatic carbocycles. The Labute approximate surface area is 358 Å². The van der Waals surface area contributed by atoms with Crippen molar-refractivity contribution in [2.24, 2.45) is 0 Å². The zero-order valence-corrected chi connectivity index (χ0v) is 38.8. The topological polar surface area (TPSA) is 74.6 Å². The lowest BCUT2D eigenvalue weighted by Gasteiger charge is -2.05. The molecule has 4 nitrogen and oxygen atoms in total. The third-order valence-electron chi connectivity index (χ3n) is 12.8. The average Bonchev–Trinajstić information content (AvgIpc) is 3.19. The summed E-state index contributed by atoms with van der Waals surface area (Å²) in [5, 5.41) is 17.3. The van der Waals surface area contributed by atoms with Gasteiger partial charge in [0.25, 0.3) is 0 Å². The van der Waals surface area contributed by atoms with Crippen LogP contribution in [0.5, 0.6) is 0 Å². The van der Waals surface area contributed by atoms with E-state index < -0.39 is 11.9 Å². The number of hydrogen-bond acceptors (Lipinski definition) is 2. The van der Waals surface area contributed by atoms with Gasteiger partial charge in [-0.15, -0.1) is 0 Å². The lowest BCUT2D eigenvalue weighted by molar-refractivity contribution is -0.138. The fourth-order valence-electron chi connectivity index (χ4n) is 8.86. The van der Waals surface area contributed by atoms with Gasteiger partial charge in [-0.2, -0.15) is 0 Å². The van der Waals surface area contributed by atoms with E-state index in [4.69, 9.17) is 10.2 Å². The second kappa shape index (κ2) is 51.1. The molecule has 0 radical (unpaired) electrons. The Morgan fingerprint density at radius 1 is 0.158 bits per heavy atom. The molecule has 0 aliphatic carbocycles. The Balaban J connectivity index is 3.06. The minimum atomic E-state index is -0.649. The van der Waals surface area contributed by atoms with Gasteiger partial charge in [-0.3, -0.25) is 9.59 Å². The van der Waals surface area contributed by atoms with Crippen LogP contribution in [-0.4, -0.2) is 22.2 Å². The number of aliphatic carboxylic acids is 2. The first-order chi connectivity index (χ1) is 28.1. The molecule has 0 heterocycles. The Morgan fingerprint density at radius 3 is 0.298 bits per heavy atom. The smallest absolute Gasteiger partial charge is 0.303 e. The molecule has 0 saturated heterocycles. The van der Waals surface area contributed by atoms with Gasteiger partial charge in [0.2, 0.25) is 0 Å². The minimum Gasteiger partial charge on any atom is -0.481 e. The molecule has 0 atom stereocenters. The van der Waals surface area contributed by atoms with Crippen molar-refractivity contribution in [2.45, 2.75) is 327 Å². The van der Waals surface area contributed by atoms with Crippen molar-refractivity contribution in [3.63, 3.8) is 0 Å². The first kappa shape index (κ1) is 55.9. The standard InChI is InChI=1S/C53H104O4/c54-52(55)50-48-46-44-42-40-38-36-34-32-30-28-26-24-22-20-18-16-14-12-10-8-6-4-2-1-3-5-7-9-11-13-15-17-19-21-23-25-27-29-31-33-35-37-39-41-43-45-47-49-51-53(56)57/h1-51H2,(H,54,55)(H,56,57). The SMILES string of the molecule is O=C(O)CCCCCCCCCCCCCCCCCCCCCCCCCCCCCCCCCCCCCCCCCCCCCCCCCCCC(=O)O. The fraction of sp³-hybridized carbons (Fsp3) is 0.962. The number of unbranched alkanes of at least 4 members (excludes halogenated alkanes) is 48. The Kier molecular flexibility index (Phi) is 50.1. The minimum absolute atomic E-state index is 0.344. The van der Waals surface area contributed by atoms with Gasteiger partial charge in [0.05, 0.1) is 0 Å². The molecule has 2 N–H and O–H groups in total. The zero-order chi connectivity index (χ0) is 41.2. The largest absolute Gasteiger partial charge is 0.481 e. The van der Waals surface area contributed by atoms with Gasteiger partial charge in [0.1, 0.15) is 0 Å². The summed E-state index contributed by atoms with van der Waals surface area (Å²) in [5.41, 5.74) is 0. The lowest BCUT2D eigenvalue weighted by atomic mass is 10.0. The molecule has 0 rings (SSSR count). The summed E-state index contributed by atoms with van der Waals surface area (Å²) in [4.78, 5) is 21.0. The third kappa shape index (κ3) is 54.9. The Hall–Kier alpha value is -1.06. The number of hydrogen-bond donors (Lipinski definition) is 2. The monoisotopic (exact) mass is 805 g/mol. The summed E-state index contributed by atoms with van der Waals surface area (Å²) >= 11 is 0. The van der Waals surface area contributed by atoms with Crippen LogP contribution >= 0.6 is 0 Å². The van der Waals surface area contributed by atoms with Crippen molar-refractivity contribution in [3.05, 3.63) is 0 Å². The third-order valence-corrected chi connectivity index (χ3v) is 12.8. The molecule has 0 aliphatic heterocycles. The van der Waals surface area contributed by atoms with Crippen molar-refractivity contribution in [2.75, 3.05) is 0 Å². The van der Waals surface area contributed by atoms with Gasteiger partial charge < -0.3 is 10.2 Å². The van der Waals surface area contributed by atoms with Gasteiger partial charge >= 0.3 is 11.9 Å². The van der Waals surface area contributed by atoms with E-state index in [0.717, 1.165) is 25.7 Å². The van der Waals surface area contributed by atoms with Gasteiger partial charge in [-0.05, 0) is 12.8 Å². The summed E-state index contributed by atoms with van der Waals surface area (Å²) < 4.78 is 0. The lowest BCUT2D eigenvalue weighted by Crippen LogP contribution is -1.93. The molecule has 0 bridgehead atoms. The van der Waals surface area contributed by atoms with Gasteiger partial charge in [0.15, 0.2) is 0 Å². The molecule has 4 heteroatoms. The van der Waals surface area contributed by atoms with Crippen LogP contribution in [0.2, 0.25) is 0 Å². The number of carboxylic acids is 2. The van der Waals surface area contributed by atoms with Crippen LogP contribution in [0.1, 0.15) is 327 Å². The van der Waals surface area contributed by atoms with Crippen molar-refractivity contribution in [3.8, 4) is 0 Å². The van der Waals surface area contributed by atoms with E-state index in [9.17, 15) is 9.59 Å². The maximum atomic E-state index is 10.5. The second-order valence-electron chi connectivity index (χ2n) is 18.6. The van der Waals surface area contributed by atoms with E-state index in [2.05, 4.69) is 0 Å². The van der Waals surface area contributed by atoms with Gasteiger partial charge in [-0.25, -0.2) is 0 Å². The van der Waals surface area contributed by atoms with E-state index in [0.29, 0.717) is 12.8 Å². The summed E-state index contributed by atoms with van der Waals surface area (Å²) in [5.74, 6) is -1.30. The summed E-state index contributed by atoms with van der Waals surface area (Å²) in [7, 11) is 0. The van der Waals surface area contributed by atoms with E-state index in [-0.39, 0.29) is 0 Å². The molecule has 0 aliphatic rings. The molecule has 57 heavy (non-hydrogen) atoms. The van der Waals surface area contributed by atoms with Crippen molar-refractivity contribution < 1.29 is 19.8 Å². The number of carboxylic acid groups (broad SMARTS) is 2. The molecular weight excluding hydrogens is 701 g/mol. The van der Waals surface area contributed by atoms with Gasteiger partial charge in [-0.1, -0.05) is 302 Å². The Bertz CT molecular complexity index is 704. The zero-order valence-electron chi connectivity index (χ0n) is 38.8. The highest BCUT2D eigenvalue weighted by Crippen LogP contribution is 2.19. The summed E-state index contributed by atoms with van der Waals surface area (Å²) in [6, 6.07) is 0. The summed E-state index contributed by atoms with van der Waals surface area (Å²) in [6.45, 7) is 0. The van der Waals surface area contributed by atoms with E-state index in [1.807, 2.05) is 0 Å². The fourth-order valence-corrected chi connectivity index (χ4v) is 8.86. The molecule has 0 aromatic rings. The predicted molar refractivity (Wildman–Crippen MR) is 251 cm³/mol. The van der Waals surface area contributed by atoms with Gasteiger partial charge in [0, 0.05) is 12.8 Å². The van der Waals surface area contributed by atoms with Crippen LogP contribution in [0.15, 0.2) is 0 Å². The van der Waals surface area contributed by atoms with Crippen LogP contribution in [0.25, 0.3) is 0 Å². The van der Waals surface area contributed by atoms with Crippen LogP contribution in [0, 0.1) is 0 Å². The number of rotatable bonds is 52. The quantitative estimate of drug-likeness (QED) is 0.0601. The molecule has 0 spiro atoms. The highest BCUT2D eigenvalue weighted by atomic mass is 16.4. The van der Waals surface area contributed by atoms with Crippen molar-refractivity contribution >= 4 is 11.9 Å². The molecule has 340 valence electrons. The molecule has 0 aromatic heterocycles. The second-order valence-corrected chi connectivity index (χ2v) is 18.6. The highest BCUT2D eigenvalue weighted by Gasteiger charge is 2.00. The van der Waals surface area contributed by atoms with Crippen molar-refractivity contribution in [1.82, 2.24) is 0 Å². The van der Waals surface area contributed by atoms with Crippen LogP contribution < -0.4 is 0 Å². The molecule has 0 fully saturated rings. The molecule has 0 unspecified atom stereocenters. The molecule has 0 amide bonds. The maximum absolute atomic E-state index is 10.5. The first-order valence-corrected chi connectivity index (χ1v) is 26.6. The summed E-state index contributed by atoms with van der Waals surface area (Å²) in [6.07, 6.45) is 68.8. The predicted octanol–water partition coefficient (Wildman–Crippen LogP) is 19.1. The Morgan fingerprint density at radius 2 is 0.228 bits per heavy atom. The maximum Gasteiger partial charge on any atom is 0.303 e. The molecule has 0 saturated carbocycles. The highest BCUT2D eigenvalue weighted by molar-refractivity contribution is 5.66. The number of carbonyl (C=O) groups is 2. The van der Waals surface area contributed by atoms with Crippen LogP contribution in [0.4, 0.5) is 0 Å². The average molecular weight is 805 g/mol. The normalized spacial score (nSPS) is 11.5.